The van der Waals surface area contributed by atoms with Crippen LogP contribution in [0, 0.1) is 20.8 Å². The average molecular weight is 280 g/mol. The number of carbonyl (C=O) groups excluding carboxylic acids is 1. The quantitative estimate of drug-likeness (QED) is 0.767. The molecule has 1 saturated carbocycles. The minimum absolute atomic E-state index is 0.153. The van der Waals surface area contributed by atoms with Crippen molar-refractivity contribution in [1.82, 2.24) is 4.90 Å². The van der Waals surface area contributed by atoms with Crippen LogP contribution in [0.15, 0.2) is 12.1 Å². The molecule has 1 aliphatic carbocycles. The first-order valence-corrected chi connectivity index (χ1v) is 7.53. The third-order valence-electron chi connectivity index (χ3n) is 3.99. The number of amides is 1. The van der Waals surface area contributed by atoms with E-state index >= 15 is 0 Å². The van der Waals surface area contributed by atoms with Crippen LogP contribution in [0.5, 0.6) is 0 Å². The van der Waals surface area contributed by atoms with Gasteiger partial charge in [-0.15, -0.1) is 11.6 Å². The zero-order valence-electron chi connectivity index (χ0n) is 12.0. The van der Waals surface area contributed by atoms with Crippen LogP contribution in [0.25, 0.3) is 0 Å². The van der Waals surface area contributed by atoms with E-state index in [-0.39, 0.29) is 5.91 Å². The van der Waals surface area contributed by atoms with Gasteiger partial charge >= 0.3 is 0 Å². The second-order valence-electron chi connectivity index (χ2n) is 5.55. The van der Waals surface area contributed by atoms with E-state index < -0.39 is 0 Å². The molecule has 0 unspecified atom stereocenters. The molecule has 2 nitrogen and oxygen atoms in total. The lowest BCUT2D eigenvalue weighted by atomic mass is 9.90. The van der Waals surface area contributed by atoms with Gasteiger partial charge in [0.15, 0.2) is 0 Å². The van der Waals surface area contributed by atoms with Crippen molar-refractivity contribution >= 4 is 17.5 Å². The van der Waals surface area contributed by atoms with E-state index in [4.69, 9.17) is 11.6 Å². The molecule has 1 aromatic rings. The standard InChI is InChI=1S/C16H22ClNO/c1-11-9-12(2)15(13(3)10-11)16(19)18(8-7-17)14-5-4-6-14/h9-10,14H,4-8H2,1-3H3. The van der Waals surface area contributed by atoms with Gasteiger partial charge in [-0.3, -0.25) is 4.79 Å². The minimum Gasteiger partial charge on any atom is -0.334 e. The molecule has 1 fully saturated rings. The molecule has 0 saturated heterocycles. The third-order valence-corrected chi connectivity index (χ3v) is 4.16. The van der Waals surface area contributed by atoms with Gasteiger partial charge in [0.1, 0.15) is 0 Å². The number of alkyl halides is 1. The van der Waals surface area contributed by atoms with E-state index in [1.54, 1.807) is 0 Å². The van der Waals surface area contributed by atoms with Gasteiger partial charge in [-0.1, -0.05) is 17.7 Å². The van der Waals surface area contributed by atoms with E-state index in [1.165, 1.54) is 12.0 Å². The highest BCUT2D eigenvalue weighted by Gasteiger charge is 2.30. The van der Waals surface area contributed by atoms with Gasteiger partial charge in [0.25, 0.3) is 5.91 Å². The van der Waals surface area contributed by atoms with Crippen LogP contribution in [0.1, 0.15) is 46.3 Å². The summed E-state index contributed by atoms with van der Waals surface area (Å²) in [6.07, 6.45) is 3.46. The van der Waals surface area contributed by atoms with Crippen LogP contribution < -0.4 is 0 Å². The maximum Gasteiger partial charge on any atom is 0.254 e. The van der Waals surface area contributed by atoms with Crippen molar-refractivity contribution in [3.05, 3.63) is 34.4 Å². The average Bonchev–Trinajstić information content (AvgIpc) is 2.24. The van der Waals surface area contributed by atoms with E-state index in [0.717, 1.165) is 29.5 Å². The Kier molecular flexibility index (Phi) is 4.51. The van der Waals surface area contributed by atoms with E-state index in [1.807, 2.05) is 18.7 Å². The molecule has 0 aliphatic heterocycles. The Hall–Kier alpha value is -1.02. The summed E-state index contributed by atoms with van der Waals surface area (Å²) >= 11 is 5.86. The zero-order valence-corrected chi connectivity index (χ0v) is 12.8. The Morgan fingerprint density at radius 2 is 1.84 bits per heavy atom. The van der Waals surface area contributed by atoms with Crippen LogP contribution >= 0.6 is 11.6 Å². The fourth-order valence-electron chi connectivity index (χ4n) is 2.90. The van der Waals surface area contributed by atoms with Crippen molar-refractivity contribution in [3.63, 3.8) is 0 Å². The first-order chi connectivity index (χ1) is 9.04. The van der Waals surface area contributed by atoms with Gasteiger partial charge in [-0.25, -0.2) is 0 Å². The fraction of sp³-hybridized carbons (Fsp3) is 0.562. The highest BCUT2D eigenvalue weighted by atomic mass is 35.5. The monoisotopic (exact) mass is 279 g/mol. The van der Waals surface area contributed by atoms with Crippen LogP contribution in [-0.4, -0.2) is 29.3 Å². The van der Waals surface area contributed by atoms with Crippen LogP contribution in [0.2, 0.25) is 0 Å². The molecule has 0 aromatic heterocycles. The summed E-state index contributed by atoms with van der Waals surface area (Å²) < 4.78 is 0. The van der Waals surface area contributed by atoms with Gasteiger partial charge in [0.05, 0.1) is 0 Å². The molecule has 0 N–H and O–H groups in total. The molecule has 1 aromatic carbocycles. The number of rotatable bonds is 4. The normalized spacial score (nSPS) is 15.2. The number of hydrogen-bond donors (Lipinski definition) is 0. The molecule has 2 rings (SSSR count). The Bertz CT molecular complexity index is 457. The summed E-state index contributed by atoms with van der Waals surface area (Å²) in [5.41, 5.74) is 4.21. The molecular weight excluding hydrogens is 258 g/mol. The largest absolute Gasteiger partial charge is 0.334 e. The SMILES string of the molecule is Cc1cc(C)c(C(=O)N(CCCl)C2CCC2)c(C)c1. The summed E-state index contributed by atoms with van der Waals surface area (Å²) in [5, 5.41) is 0. The predicted molar refractivity (Wildman–Crippen MR) is 80.0 cm³/mol. The predicted octanol–water partition coefficient (Wildman–Crippen LogP) is 3.85. The molecule has 1 aliphatic rings. The summed E-state index contributed by atoms with van der Waals surface area (Å²) in [6.45, 7) is 6.76. The lowest BCUT2D eigenvalue weighted by molar-refractivity contribution is 0.0596. The van der Waals surface area contributed by atoms with Crippen molar-refractivity contribution in [1.29, 1.82) is 0 Å². The minimum atomic E-state index is 0.153. The topological polar surface area (TPSA) is 20.3 Å². The molecule has 3 heteroatoms. The molecule has 104 valence electrons. The maximum absolute atomic E-state index is 12.8. The van der Waals surface area contributed by atoms with Crippen molar-refractivity contribution in [3.8, 4) is 0 Å². The Labute approximate surface area is 120 Å². The molecule has 0 bridgehead atoms. The van der Waals surface area contributed by atoms with Crippen molar-refractivity contribution in [2.24, 2.45) is 0 Å². The molecule has 19 heavy (non-hydrogen) atoms. The van der Waals surface area contributed by atoms with Crippen LogP contribution in [0.3, 0.4) is 0 Å². The van der Waals surface area contributed by atoms with Gasteiger partial charge in [-0.2, -0.15) is 0 Å². The van der Waals surface area contributed by atoms with Crippen molar-refractivity contribution < 1.29 is 4.79 Å². The number of carbonyl (C=O) groups is 1. The molecule has 1 amide bonds. The van der Waals surface area contributed by atoms with Gasteiger partial charge in [0, 0.05) is 24.0 Å². The zero-order chi connectivity index (χ0) is 14.0. The Balaban J connectivity index is 2.31. The van der Waals surface area contributed by atoms with Crippen molar-refractivity contribution in [2.75, 3.05) is 12.4 Å². The smallest absolute Gasteiger partial charge is 0.254 e. The van der Waals surface area contributed by atoms with E-state index in [2.05, 4.69) is 19.1 Å². The second kappa shape index (κ2) is 5.96. The number of benzene rings is 1. The summed E-state index contributed by atoms with van der Waals surface area (Å²) in [4.78, 5) is 14.8. The molecule has 0 atom stereocenters. The molecular formula is C16H22ClNO. The van der Waals surface area contributed by atoms with Crippen molar-refractivity contribution in [2.45, 2.75) is 46.1 Å². The first-order valence-electron chi connectivity index (χ1n) is 6.99. The number of nitrogens with zero attached hydrogens (tertiary/aromatic N) is 1. The van der Waals surface area contributed by atoms with Gasteiger partial charge in [0.2, 0.25) is 0 Å². The van der Waals surface area contributed by atoms with Crippen LogP contribution in [-0.2, 0) is 0 Å². The highest BCUT2D eigenvalue weighted by molar-refractivity contribution is 6.18. The molecule has 0 radical (unpaired) electrons. The van der Waals surface area contributed by atoms with E-state index in [0.29, 0.717) is 18.5 Å². The van der Waals surface area contributed by atoms with Gasteiger partial charge in [-0.05, 0) is 51.2 Å². The molecule has 0 spiro atoms. The number of hydrogen-bond acceptors (Lipinski definition) is 1. The second-order valence-corrected chi connectivity index (χ2v) is 5.92. The third kappa shape index (κ3) is 2.94. The Morgan fingerprint density at radius 3 is 2.26 bits per heavy atom. The maximum atomic E-state index is 12.8. The summed E-state index contributed by atoms with van der Waals surface area (Å²) in [5.74, 6) is 0.659. The lowest BCUT2D eigenvalue weighted by Crippen LogP contribution is -2.45. The number of aryl methyl sites for hydroxylation is 3. The Morgan fingerprint density at radius 1 is 1.26 bits per heavy atom. The van der Waals surface area contributed by atoms with Gasteiger partial charge < -0.3 is 4.90 Å². The summed E-state index contributed by atoms with van der Waals surface area (Å²) in [6, 6.07) is 4.56. The fourth-order valence-corrected chi connectivity index (χ4v) is 3.08. The summed E-state index contributed by atoms with van der Waals surface area (Å²) in [7, 11) is 0. The number of halogens is 1. The first kappa shape index (κ1) is 14.4. The van der Waals surface area contributed by atoms with Crippen LogP contribution in [0.4, 0.5) is 0 Å². The highest BCUT2D eigenvalue weighted by Crippen LogP contribution is 2.28. The molecule has 0 heterocycles. The van der Waals surface area contributed by atoms with E-state index in [9.17, 15) is 4.79 Å². The lowest BCUT2D eigenvalue weighted by Gasteiger charge is -2.38.